The Labute approximate surface area is 104 Å². The lowest BCUT2D eigenvalue weighted by atomic mass is 10.2. The number of methoxy groups -OCH3 is 1. The molecule has 1 aliphatic heterocycles. The van der Waals surface area contributed by atoms with E-state index < -0.39 is 12.0 Å². The van der Waals surface area contributed by atoms with Gasteiger partial charge in [-0.05, 0) is 6.07 Å². The average molecular weight is 253 g/mol. The van der Waals surface area contributed by atoms with Crippen LogP contribution in [-0.2, 0) is 21.3 Å². The summed E-state index contributed by atoms with van der Waals surface area (Å²) in [6.07, 6.45) is 1.54. The summed E-state index contributed by atoms with van der Waals surface area (Å²) in [5, 5.41) is 3.94. The van der Waals surface area contributed by atoms with Gasteiger partial charge in [-0.15, -0.1) is 0 Å². The second kappa shape index (κ2) is 5.18. The number of carbonyl (C=O) groups excluding carboxylic acids is 2. The van der Waals surface area contributed by atoms with Gasteiger partial charge >= 0.3 is 5.97 Å². The van der Waals surface area contributed by atoms with Gasteiger partial charge in [0, 0.05) is 19.8 Å². The van der Waals surface area contributed by atoms with Crippen LogP contribution in [0.3, 0.4) is 0 Å². The molecule has 0 N–H and O–H groups in total. The molecular formula is C11H15N3O4. The zero-order valence-electron chi connectivity index (χ0n) is 10.3. The Bertz CT molecular complexity index is 457. The summed E-state index contributed by atoms with van der Waals surface area (Å²) in [6.45, 7) is 0.942. The van der Waals surface area contributed by atoms with Crippen LogP contribution in [0, 0.1) is 0 Å². The second-order valence-electron chi connectivity index (χ2n) is 3.95. The molecule has 0 bridgehead atoms. The standard InChI is InChI=1S/C11H15N3O4/c1-13-8(3-4-12-13)10(15)14-5-6-18-7-9(14)11(16)17-2/h3-4,9H,5-7H2,1-2H3. The van der Waals surface area contributed by atoms with Gasteiger partial charge in [0.2, 0.25) is 0 Å². The fourth-order valence-corrected chi connectivity index (χ4v) is 1.91. The maximum absolute atomic E-state index is 12.3. The molecule has 1 atom stereocenters. The number of hydrogen-bond donors (Lipinski definition) is 0. The van der Waals surface area contributed by atoms with E-state index in [4.69, 9.17) is 4.74 Å². The summed E-state index contributed by atoms with van der Waals surface area (Å²) >= 11 is 0. The van der Waals surface area contributed by atoms with Gasteiger partial charge in [-0.1, -0.05) is 0 Å². The fourth-order valence-electron chi connectivity index (χ4n) is 1.91. The van der Waals surface area contributed by atoms with Crippen molar-refractivity contribution < 1.29 is 19.1 Å². The van der Waals surface area contributed by atoms with Gasteiger partial charge in [0.1, 0.15) is 5.69 Å². The molecule has 1 unspecified atom stereocenters. The Kier molecular flexibility index (Phi) is 3.61. The van der Waals surface area contributed by atoms with E-state index in [1.165, 1.54) is 16.7 Å². The summed E-state index contributed by atoms with van der Waals surface area (Å²) in [6, 6.07) is 0.928. The smallest absolute Gasteiger partial charge is 0.331 e. The van der Waals surface area contributed by atoms with E-state index in [0.29, 0.717) is 18.8 Å². The number of esters is 1. The largest absolute Gasteiger partial charge is 0.467 e. The van der Waals surface area contributed by atoms with Crippen molar-refractivity contribution in [3.05, 3.63) is 18.0 Å². The van der Waals surface area contributed by atoms with Crippen molar-refractivity contribution in [1.29, 1.82) is 0 Å². The van der Waals surface area contributed by atoms with E-state index in [9.17, 15) is 9.59 Å². The first kappa shape index (κ1) is 12.6. The zero-order valence-corrected chi connectivity index (χ0v) is 10.3. The molecule has 1 amide bonds. The van der Waals surface area contributed by atoms with Crippen LogP contribution in [-0.4, -0.2) is 59.5 Å². The van der Waals surface area contributed by atoms with Crippen LogP contribution >= 0.6 is 0 Å². The number of morpholine rings is 1. The Balaban J connectivity index is 2.21. The predicted octanol–water partition coefficient (Wildman–Crippen LogP) is -0.566. The van der Waals surface area contributed by atoms with Gasteiger partial charge in [0.05, 0.1) is 20.3 Å². The summed E-state index contributed by atoms with van der Waals surface area (Å²) in [5.41, 5.74) is 0.436. The Morgan fingerprint density at radius 1 is 1.56 bits per heavy atom. The van der Waals surface area contributed by atoms with Crippen LogP contribution in [0.1, 0.15) is 10.5 Å². The van der Waals surface area contributed by atoms with Crippen molar-refractivity contribution in [2.75, 3.05) is 26.9 Å². The van der Waals surface area contributed by atoms with E-state index >= 15 is 0 Å². The quantitative estimate of drug-likeness (QED) is 0.660. The number of amides is 1. The highest BCUT2D eigenvalue weighted by molar-refractivity contribution is 5.95. The molecule has 98 valence electrons. The minimum Gasteiger partial charge on any atom is -0.467 e. The van der Waals surface area contributed by atoms with Crippen molar-refractivity contribution in [3.63, 3.8) is 0 Å². The molecule has 0 spiro atoms. The van der Waals surface area contributed by atoms with Crippen LogP contribution in [0.25, 0.3) is 0 Å². The number of rotatable bonds is 2. The maximum atomic E-state index is 12.3. The van der Waals surface area contributed by atoms with Gasteiger partial charge in [-0.2, -0.15) is 5.10 Å². The first-order chi connectivity index (χ1) is 8.65. The first-order valence-electron chi connectivity index (χ1n) is 5.59. The molecular weight excluding hydrogens is 238 g/mol. The highest BCUT2D eigenvalue weighted by atomic mass is 16.5. The minimum atomic E-state index is -0.689. The monoisotopic (exact) mass is 253 g/mol. The number of carbonyl (C=O) groups is 2. The molecule has 7 nitrogen and oxygen atoms in total. The van der Waals surface area contributed by atoms with Gasteiger partial charge in [-0.25, -0.2) is 4.79 Å². The topological polar surface area (TPSA) is 73.7 Å². The lowest BCUT2D eigenvalue weighted by Crippen LogP contribution is -2.53. The first-order valence-corrected chi connectivity index (χ1v) is 5.59. The molecule has 0 aromatic carbocycles. The SMILES string of the molecule is COC(=O)C1COCCN1C(=O)c1ccnn1C. The third-order valence-corrected chi connectivity index (χ3v) is 2.90. The van der Waals surface area contributed by atoms with E-state index in [1.807, 2.05) is 0 Å². The predicted molar refractivity (Wildman–Crippen MR) is 60.9 cm³/mol. The van der Waals surface area contributed by atoms with E-state index in [0.717, 1.165) is 0 Å². The number of aromatic nitrogens is 2. The third kappa shape index (κ3) is 2.21. The van der Waals surface area contributed by atoms with Gasteiger partial charge in [0.25, 0.3) is 5.91 Å². The molecule has 0 radical (unpaired) electrons. The van der Waals surface area contributed by atoms with Crippen molar-refractivity contribution in [3.8, 4) is 0 Å². The fraction of sp³-hybridized carbons (Fsp3) is 0.545. The molecule has 0 saturated carbocycles. The Morgan fingerprint density at radius 2 is 2.33 bits per heavy atom. The third-order valence-electron chi connectivity index (χ3n) is 2.90. The van der Waals surface area contributed by atoms with Crippen LogP contribution in [0.4, 0.5) is 0 Å². The van der Waals surface area contributed by atoms with E-state index in [2.05, 4.69) is 9.84 Å². The molecule has 1 aromatic heterocycles. The summed E-state index contributed by atoms with van der Waals surface area (Å²) < 4.78 is 11.4. The number of nitrogens with zero attached hydrogens (tertiary/aromatic N) is 3. The normalized spacial score (nSPS) is 19.7. The Morgan fingerprint density at radius 3 is 2.94 bits per heavy atom. The zero-order chi connectivity index (χ0) is 13.1. The van der Waals surface area contributed by atoms with Gasteiger partial charge in [-0.3, -0.25) is 9.48 Å². The van der Waals surface area contributed by atoms with Crippen LogP contribution in [0.5, 0.6) is 0 Å². The minimum absolute atomic E-state index is 0.163. The number of aryl methyl sites for hydroxylation is 1. The molecule has 2 heterocycles. The molecule has 2 rings (SSSR count). The van der Waals surface area contributed by atoms with Crippen molar-refractivity contribution in [2.24, 2.45) is 7.05 Å². The molecule has 1 aromatic rings. The molecule has 1 saturated heterocycles. The van der Waals surface area contributed by atoms with Crippen molar-refractivity contribution >= 4 is 11.9 Å². The summed E-state index contributed by atoms with van der Waals surface area (Å²) in [5.74, 6) is -0.709. The highest BCUT2D eigenvalue weighted by Crippen LogP contribution is 2.13. The van der Waals surface area contributed by atoms with Crippen LogP contribution in [0.2, 0.25) is 0 Å². The number of hydrogen-bond acceptors (Lipinski definition) is 5. The van der Waals surface area contributed by atoms with Crippen LogP contribution in [0.15, 0.2) is 12.3 Å². The van der Waals surface area contributed by atoms with Gasteiger partial charge in [0.15, 0.2) is 6.04 Å². The molecule has 0 aliphatic carbocycles. The Hall–Kier alpha value is -1.89. The lowest BCUT2D eigenvalue weighted by Gasteiger charge is -2.33. The maximum Gasteiger partial charge on any atom is 0.331 e. The summed E-state index contributed by atoms with van der Waals surface area (Å²) in [7, 11) is 2.98. The van der Waals surface area contributed by atoms with E-state index in [1.54, 1.807) is 19.3 Å². The van der Waals surface area contributed by atoms with Gasteiger partial charge < -0.3 is 14.4 Å². The van der Waals surface area contributed by atoms with Crippen LogP contribution < -0.4 is 0 Å². The molecule has 1 fully saturated rings. The van der Waals surface area contributed by atoms with E-state index in [-0.39, 0.29) is 12.5 Å². The lowest BCUT2D eigenvalue weighted by molar-refractivity contribution is -0.151. The molecule has 1 aliphatic rings. The number of ether oxygens (including phenoxy) is 2. The van der Waals surface area contributed by atoms with Crippen molar-refractivity contribution in [2.45, 2.75) is 6.04 Å². The second-order valence-corrected chi connectivity index (χ2v) is 3.95. The summed E-state index contributed by atoms with van der Waals surface area (Å²) in [4.78, 5) is 25.4. The molecule has 18 heavy (non-hydrogen) atoms. The van der Waals surface area contributed by atoms with Crippen molar-refractivity contribution in [1.82, 2.24) is 14.7 Å². The molecule has 7 heteroatoms. The highest BCUT2D eigenvalue weighted by Gasteiger charge is 2.34. The average Bonchev–Trinajstić information content (AvgIpc) is 2.83.